The summed E-state index contributed by atoms with van der Waals surface area (Å²) in [6, 6.07) is 0. The van der Waals surface area contributed by atoms with Crippen LogP contribution < -0.4 is 0 Å². The first-order chi connectivity index (χ1) is 2.27. The zero-order valence-electron chi connectivity index (χ0n) is 2.96. The summed E-state index contributed by atoms with van der Waals surface area (Å²) in [5, 5.41) is 0. The molecule has 1 radical (unpaired) electrons. The van der Waals surface area contributed by atoms with Crippen molar-refractivity contribution in [3.8, 4) is 0 Å². The van der Waals surface area contributed by atoms with Crippen LogP contribution in [0.3, 0.4) is 0 Å². The van der Waals surface area contributed by atoms with Gasteiger partial charge in [-0.15, -0.1) is 11.6 Å². The van der Waals surface area contributed by atoms with Crippen LogP contribution >= 0.6 is 11.6 Å². The highest BCUT2D eigenvalue weighted by Gasteiger charge is 1.89. The quantitative estimate of drug-likeness (QED) is 0.435. The van der Waals surface area contributed by atoms with Gasteiger partial charge in [0, 0.05) is 0 Å². The topological polar surface area (TPSA) is 0 Å². The molecule has 0 fully saturated rings. The third-order valence-electron chi connectivity index (χ3n) is 0.184. The van der Waals surface area contributed by atoms with E-state index in [0.29, 0.717) is 0 Å². The van der Waals surface area contributed by atoms with Gasteiger partial charge in [0.25, 0.3) is 0 Å². The molecular formula is C3H5ClF. The fraction of sp³-hybridized carbons (Fsp3) is 0.667. The SMILES string of the molecule is C[C](F)CCl. The number of rotatable bonds is 1. The first-order valence-electron chi connectivity index (χ1n) is 1.31. The van der Waals surface area contributed by atoms with Crippen LogP contribution in [0.15, 0.2) is 0 Å². The van der Waals surface area contributed by atoms with Crippen LogP contribution in [0, 0.1) is 6.17 Å². The molecule has 0 bridgehead atoms. The van der Waals surface area contributed by atoms with Gasteiger partial charge in [-0.05, 0) is 6.92 Å². The van der Waals surface area contributed by atoms with Crippen molar-refractivity contribution < 1.29 is 4.39 Å². The van der Waals surface area contributed by atoms with Crippen molar-refractivity contribution in [3.63, 3.8) is 0 Å². The summed E-state index contributed by atoms with van der Waals surface area (Å²) < 4.78 is 11.2. The Hall–Kier alpha value is 0.220. The predicted molar refractivity (Wildman–Crippen MR) is 20.7 cm³/mol. The Morgan fingerprint density at radius 3 is 2.20 bits per heavy atom. The van der Waals surface area contributed by atoms with E-state index in [4.69, 9.17) is 11.6 Å². The molecule has 0 aromatic rings. The molecule has 0 aliphatic heterocycles. The smallest absolute Gasteiger partial charge is 0.156 e. The first-order valence-corrected chi connectivity index (χ1v) is 1.84. The molecular weight excluding hydrogens is 90.5 g/mol. The Morgan fingerprint density at radius 1 is 2.00 bits per heavy atom. The van der Waals surface area contributed by atoms with Crippen molar-refractivity contribution in [2.75, 3.05) is 5.88 Å². The van der Waals surface area contributed by atoms with Crippen LogP contribution in [0.5, 0.6) is 0 Å². The third-order valence-corrected chi connectivity index (χ3v) is 0.552. The third kappa shape index (κ3) is 4.22. The summed E-state index contributed by atoms with van der Waals surface area (Å²) in [4.78, 5) is 0. The number of halogens is 2. The molecule has 0 saturated carbocycles. The van der Waals surface area contributed by atoms with Crippen LogP contribution in [0.4, 0.5) is 4.39 Å². The zero-order chi connectivity index (χ0) is 4.28. The Balaban J connectivity index is 2.54. The summed E-state index contributed by atoms with van der Waals surface area (Å²) in [6.45, 7) is 1.34. The molecule has 5 heavy (non-hydrogen) atoms. The van der Waals surface area contributed by atoms with Gasteiger partial charge in [0.05, 0.1) is 5.88 Å². The lowest BCUT2D eigenvalue weighted by atomic mass is 10.5. The lowest BCUT2D eigenvalue weighted by molar-refractivity contribution is 0.527. The summed E-state index contributed by atoms with van der Waals surface area (Å²) in [7, 11) is 0. The second-order valence-corrected chi connectivity index (χ2v) is 1.08. The molecule has 0 atom stereocenters. The van der Waals surface area contributed by atoms with Crippen molar-refractivity contribution in [2.24, 2.45) is 0 Å². The van der Waals surface area contributed by atoms with E-state index in [9.17, 15) is 4.39 Å². The molecule has 0 unspecified atom stereocenters. The number of alkyl halides is 1. The summed E-state index contributed by atoms with van der Waals surface area (Å²) in [5.74, 6) is 0.0278. The van der Waals surface area contributed by atoms with Crippen LogP contribution in [0.1, 0.15) is 6.92 Å². The zero-order valence-corrected chi connectivity index (χ0v) is 3.72. The monoisotopic (exact) mass is 95.0 g/mol. The van der Waals surface area contributed by atoms with E-state index in [2.05, 4.69) is 0 Å². The molecule has 31 valence electrons. The minimum Gasteiger partial charge on any atom is -0.239 e. The van der Waals surface area contributed by atoms with Crippen molar-refractivity contribution in [1.82, 2.24) is 0 Å². The van der Waals surface area contributed by atoms with Crippen molar-refractivity contribution >= 4 is 11.6 Å². The van der Waals surface area contributed by atoms with Crippen molar-refractivity contribution in [2.45, 2.75) is 6.92 Å². The Morgan fingerprint density at radius 2 is 2.20 bits per heavy atom. The maximum Gasteiger partial charge on any atom is 0.156 e. The van der Waals surface area contributed by atoms with Gasteiger partial charge in [-0.2, -0.15) is 0 Å². The van der Waals surface area contributed by atoms with E-state index in [-0.39, 0.29) is 12.1 Å². The van der Waals surface area contributed by atoms with Gasteiger partial charge in [0.1, 0.15) is 0 Å². The fourth-order valence-electron chi connectivity index (χ4n) is 0. The molecule has 0 aromatic carbocycles. The van der Waals surface area contributed by atoms with E-state index in [1.165, 1.54) is 6.92 Å². The van der Waals surface area contributed by atoms with E-state index >= 15 is 0 Å². The molecule has 0 aliphatic carbocycles. The largest absolute Gasteiger partial charge is 0.239 e. The summed E-state index contributed by atoms with van der Waals surface area (Å²) in [5.41, 5.74) is 0. The second kappa shape index (κ2) is 2.46. The standard InChI is InChI=1S/C3H5ClF/c1-3(5)2-4/h2H2,1H3. The average Bonchev–Trinajstić information content (AvgIpc) is 1.38. The van der Waals surface area contributed by atoms with Crippen molar-refractivity contribution in [3.05, 3.63) is 6.17 Å². The van der Waals surface area contributed by atoms with Gasteiger partial charge in [0.2, 0.25) is 0 Å². The highest BCUT2D eigenvalue weighted by atomic mass is 35.5. The fourth-order valence-corrected chi connectivity index (χ4v) is 0. The molecule has 0 spiro atoms. The Bertz CT molecular complexity index is 20.9. The lowest BCUT2D eigenvalue weighted by Crippen LogP contribution is -1.76. The average molecular weight is 95.5 g/mol. The summed E-state index contributed by atoms with van der Waals surface area (Å²) >= 11 is 4.92. The minimum atomic E-state index is -0.230. The Kier molecular flexibility index (Phi) is 2.57. The van der Waals surface area contributed by atoms with Gasteiger partial charge in [-0.25, -0.2) is 4.39 Å². The van der Waals surface area contributed by atoms with Gasteiger partial charge >= 0.3 is 0 Å². The van der Waals surface area contributed by atoms with Crippen LogP contribution in [0.2, 0.25) is 0 Å². The maximum absolute atomic E-state index is 11.2. The van der Waals surface area contributed by atoms with Crippen LogP contribution in [-0.2, 0) is 0 Å². The molecule has 2 heteroatoms. The second-order valence-electron chi connectivity index (χ2n) is 0.810. The highest BCUT2D eigenvalue weighted by molar-refractivity contribution is 6.18. The van der Waals surface area contributed by atoms with E-state index in [1.807, 2.05) is 0 Å². The molecule has 0 amide bonds. The number of hydrogen-bond donors (Lipinski definition) is 0. The molecule has 0 saturated heterocycles. The molecule has 0 aromatic heterocycles. The molecule has 0 aliphatic rings. The van der Waals surface area contributed by atoms with Crippen LogP contribution in [0.25, 0.3) is 0 Å². The lowest BCUT2D eigenvalue weighted by Gasteiger charge is -1.81. The predicted octanol–water partition coefficient (Wildman–Crippen LogP) is 1.75. The summed E-state index contributed by atoms with van der Waals surface area (Å²) in [6.07, 6.45) is -0.230. The minimum absolute atomic E-state index is 0.0278. The highest BCUT2D eigenvalue weighted by Crippen LogP contribution is 1.98. The number of hydrogen-bond acceptors (Lipinski definition) is 0. The van der Waals surface area contributed by atoms with Gasteiger partial charge in [-0.3, -0.25) is 0 Å². The van der Waals surface area contributed by atoms with Crippen molar-refractivity contribution in [1.29, 1.82) is 0 Å². The van der Waals surface area contributed by atoms with E-state index < -0.39 is 0 Å². The normalized spacial score (nSPS) is 9.60. The molecule has 0 nitrogen and oxygen atoms in total. The van der Waals surface area contributed by atoms with Gasteiger partial charge in [0.15, 0.2) is 6.17 Å². The van der Waals surface area contributed by atoms with E-state index in [0.717, 1.165) is 0 Å². The van der Waals surface area contributed by atoms with E-state index in [1.54, 1.807) is 0 Å². The molecule has 0 rings (SSSR count). The van der Waals surface area contributed by atoms with Gasteiger partial charge < -0.3 is 0 Å². The Labute approximate surface area is 35.9 Å². The first kappa shape index (κ1) is 5.22. The molecule has 0 N–H and O–H groups in total. The maximum atomic E-state index is 11.2. The molecule has 0 heterocycles. The van der Waals surface area contributed by atoms with Crippen LogP contribution in [-0.4, -0.2) is 5.88 Å². The van der Waals surface area contributed by atoms with Gasteiger partial charge in [-0.1, -0.05) is 0 Å².